The lowest BCUT2D eigenvalue weighted by Crippen LogP contribution is -2.42. The summed E-state index contributed by atoms with van der Waals surface area (Å²) in [5.74, 6) is -5.51. The maximum Gasteiger partial charge on any atom is 0.490 e. The average Bonchev–Trinajstić information content (AvgIpc) is 3.40. The van der Waals surface area contributed by atoms with E-state index in [1.54, 1.807) is 24.0 Å². The van der Waals surface area contributed by atoms with Gasteiger partial charge in [0.05, 0.1) is 43.3 Å². The maximum atomic E-state index is 13.0. The van der Waals surface area contributed by atoms with Gasteiger partial charge in [0.15, 0.2) is 5.03 Å². The zero-order valence-corrected chi connectivity index (χ0v) is 20.6. The topological polar surface area (TPSA) is 157 Å². The van der Waals surface area contributed by atoms with E-state index in [1.807, 2.05) is 11.6 Å². The molecule has 3 heterocycles. The van der Waals surface area contributed by atoms with Gasteiger partial charge < -0.3 is 24.1 Å². The minimum absolute atomic E-state index is 0.0457. The number of hydrogen-bond donors (Lipinski definition) is 2. The number of sulfonamides is 1. The van der Waals surface area contributed by atoms with Crippen LogP contribution in [-0.4, -0.2) is 86.1 Å². The summed E-state index contributed by atoms with van der Waals surface area (Å²) >= 11 is 0. The highest BCUT2D eigenvalue weighted by atomic mass is 32.2. The van der Waals surface area contributed by atoms with Gasteiger partial charge in [-0.15, -0.1) is 6.58 Å². The number of alkyl halides is 6. The molecule has 0 bridgehead atoms. The van der Waals surface area contributed by atoms with Crippen LogP contribution >= 0.6 is 0 Å². The molecular formula is C19H23F6N5O7S. The predicted octanol–water partition coefficient (Wildman–Crippen LogP) is 1.91. The molecular weight excluding hydrogens is 556 g/mol. The molecule has 0 aromatic carbocycles. The molecule has 12 nitrogen and oxygen atoms in total. The second-order valence-corrected chi connectivity index (χ2v) is 9.22. The highest BCUT2D eigenvalue weighted by Crippen LogP contribution is 2.33. The Morgan fingerprint density at radius 3 is 2.05 bits per heavy atom. The Bertz CT molecular complexity index is 1200. The smallest absolute Gasteiger partial charge is 0.475 e. The summed E-state index contributed by atoms with van der Waals surface area (Å²) in [5.41, 5.74) is 1.78. The van der Waals surface area contributed by atoms with Gasteiger partial charge in [-0.1, -0.05) is 6.08 Å². The molecule has 2 N–H and O–H groups in total. The fourth-order valence-electron chi connectivity index (χ4n) is 2.97. The number of aliphatic carboxylic acids is 2. The fraction of sp³-hybridized carbons (Fsp3) is 0.474. The molecule has 1 aliphatic rings. The second kappa shape index (κ2) is 12.9. The summed E-state index contributed by atoms with van der Waals surface area (Å²) in [7, 11) is -0.104. The van der Waals surface area contributed by atoms with E-state index < -0.39 is 40.4 Å². The quantitative estimate of drug-likeness (QED) is 0.296. The highest BCUT2D eigenvalue weighted by Gasteiger charge is 2.40. The summed E-state index contributed by atoms with van der Waals surface area (Å²) in [5, 5.41) is 14.3. The number of ether oxygens (including phenoxy) is 1. The summed E-state index contributed by atoms with van der Waals surface area (Å²) in [4.78, 5) is 26.2. The van der Waals surface area contributed by atoms with Gasteiger partial charge in [0.1, 0.15) is 0 Å². The third kappa shape index (κ3) is 8.84. The number of aromatic nitrogens is 4. The van der Waals surface area contributed by atoms with Crippen LogP contribution in [0.1, 0.15) is 17.4 Å². The van der Waals surface area contributed by atoms with Crippen molar-refractivity contribution in [1.29, 1.82) is 0 Å². The number of halogens is 6. The van der Waals surface area contributed by atoms with Crippen LogP contribution in [-0.2, 0) is 44.9 Å². The van der Waals surface area contributed by atoms with Gasteiger partial charge in [-0.05, 0) is 0 Å². The van der Waals surface area contributed by atoms with Crippen molar-refractivity contribution >= 4 is 22.0 Å². The van der Waals surface area contributed by atoms with Gasteiger partial charge in [0.25, 0.3) is 10.0 Å². The van der Waals surface area contributed by atoms with E-state index in [4.69, 9.17) is 24.5 Å². The largest absolute Gasteiger partial charge is 0.490 e. The molecule has 0 aliphatic carbocycles. The summed E-state index contributed by atoms with van der Waals surface area (Å²) in [6.07, 6.45) is -3.25. The van der Waals surface area contributed by atoms with Crippen molar-refractivity contribution in [1.82, 2.24) is 23.4 Å². The van der Waals surface area contributed by atoms with Gasteiger partial charge in [0.2, 0.25) is 0 Å². The molecule has 0 saturated carbocycles. The van der Waals surface area contributed by atoms with Crippen LogP contribution in [0.3, 0.4) is 0 Å². The number of fused-ring (bicyclic) bond motifs is 1. The van der Waals surface area contributed by atoms with Crippen LogP contribution in [0.2, 0.25) is 0 Å². The van der Waals surface area contributed by atoms with Crippen LogP contribution in [0.25, 0.3) is 0 Å². The van der Waals surface area contributed by atoms with Crippen molar-refractivity contribution in [3.8, 4) is 0 Å². The van der Waals surface area contributed by atoms with Crippen LogP contribution < -0.4 is 0 Å². The zero-order valence-electron chi connectivity index (χ0n) is 19.8. The van der Waals surface area contributed by atoms with Gasteiger partial charge in [-0.25, -0.2) is 28.0 Å². The summed E-state index contributed by atoms with van der Waals surface area (Å²) < 4.78 is 100. The molecule has 0 spiro atoms. The normalized spacial score (nSPS) is 15.8. The van der Waals surface area contributed by atoms with Crippen molar-refractivity contribution in [3.63, 3.8) is 0 Å². The number of hydrogen-bond acceptors (Lipinski definition) is 7. The Kier molecular flexibility index (Phi) is 11.0. The molecule has 0 saturated heterocycles. The first-order chi connectivity index (χ1) is 17.3. The third-order valence-electron chi connectivity index (χ3n) is 4.55. The Labute approximate surface area is 211 Å². The second-order valence-electron chi connectivity index (χ2n) is 7.38. The number of carbonyl (C=O) groups is 2. The number of imidazole rings is 2. The van der Waals surface area contributed by atoms with Crippen molar-refractivity contribution in [2.24, 2.45) is 14.1 Å². The molecule has 0 fully saturated rings. The fourth-order valence-corrected chi connectivity index (χ4v) is 4.52. The van der Waals surface area contributed by atoms with Crippen molar-refractivity contribution in [3.05, 3.63) is 42.9 Å². The molecule has 19 heteroatoms. The van der Waals surface area contributed by atoms with Gasteiger partial charge in [-0.3, -0.25) is 0 Å². The minimum Gasteiger partial charge on any atom is -0.475 e. The van der Waals surface area contributed by atoms with E-state index in [-0.39, 0.29) is 11.6 Å². The van der Waals surface area contributed by atoms with E-state index in [0.29, 0.717) is 19.6 Å². The molecule has 2 aromatic rings. The lowest BCUT2D eigenvalue weighted by Gasteiger charge is -2.34. The average molecular weight is 579 g/mol. The zero-order chi connectivity index (χ0) is 29.5. The number of carboxylic acid groups (broad SMARTS) is 2. The predicted molar refractivity (Wildman–Crippen MR) is 115 cm³/mol. The molecule has 0 radical (unpaired) electrons. The van der Waals surface area contributed by atoms with Crippen LogP contribution in [0, 0.1) is 0 Å². The first kappa shape index (κ1) is 32.6. The Balaban J connectivity index is 0.000000426. The van der Waals surface area contributed by atoms with E-state index in [1.165, 1.54) is 16.8 Å². The molecule has 1 aliphatic heterocycles. The molecule has 0 amide bonds. The van der Waals surface area contributed by atoms with Gasteiger partial charge >= 0.3 is 24.3 Å². The van der Waals surface area contributed by atoms with Crippen LogP contribution in [0.5, 0.6) is 0 Å². The highest BCUT2D eigenvalue weighted by molar-refractivity contribution is 7.89. The van der Waals surface area contributed by atoms with Gasteiger partial charge in [0, 0.05) is 33.3 Å². The Morgan fingerprint density at radius 1 is 1.11 bits per heavy atom. The van der Waals surface area contributed by atoms with E-state index in [9.17, 15) is 34.8 Å². The van der Waals surface area contributed by atoms with Crippen molar-refractivity contribution in [2.75, 3.05) is 19.8 Å². The van der Waals surface area contributed by atoms with Crippen molar-refractivity contribution < 1.29 is 59.3 Å². The maximum absolute atomic E-state index is 13.0. The molecule has 214 valence electrons. The van der Waals surface area contributed by atoms with Crippen LogP contribution in [0.4, 0.5) is 26.3 Å². The Morgan fingerprint density at radius 2 is 1.63 bits per heavy atom. The standard InChI is InChI=1S/C15H21N5O3S.2C2HF3O2/c1-4-7-23-9-13-15-12(16-11-19(15)3)5-6-20(13)24(21,22)14-8-18(2)10-17-14;2*3-2(4,5)1(6)7/h4,8,10-11,13H,1,5-7,9H2,2-3H3;2*(H,6,7). The number of rotatable bonds is 6. The van der Waals surface area contributed by atoms with Gasteiger partial charge in [-0.2, -0.15) is 30.6 Å². The Hall–Kier alpha value is -3.45. The molecule has 2 aromatic heterocycles. The van der Waals surface area contributed by atoms with E-state index >= 15 is 0 Å². The van der Waals surface area contributed by atoms with Crippen LogP contribution in [0.15, 0.2) is 36.5 Å². The summed E-state index contributed by atoms with van der Waals surface area (Å²) in [6, 6.07) is -0.437. The van der Waals surface area contributed by atoms with E-state index in [2.05, 4.69) is 16.5 Å². The number of nitrogens with zero attached hydrogens (tertiary/aromatic N) is 5. The van der Waals surface area contributed by atoms with Crippen molar-refractivity contribution in [2.45, 2.75) is 29.8 Å². The molecule has 1 unspecified atom stereocenters. The summed E-state index contributed by atoms with van der Waals surface area (Å²) in [6.45, 7) is 4.58. The third-order valence-corrected chi connectivity index (χ3v) is 6.34. The minimum atomic E-state index is -5.08. The first-order valence-electron chi connectivity index (χ1n) is 10.1. The molecule has 38 heavy (non-hydrogen) atoms. The van der Waals surface area contributed by atoms with E-state index in [0.717, 1.165) is 11.4 Å². The SMILES string of the molecule is C=CCOCC1c2c(ncn2C)CCN1S(=O)(=O)c1cn(C)cn1.O=C(O)C(F)(F)F.O=C(O)C(F)(F)F. The molecule has 3 rings (SSSR count). The lowest BCUT2D eigenvalue weighted by molar-refractivity contribution is -0.193. The number of carboxylic acids is 2. The monoisotopic (exact) mass is 579 g/mol. The first-order valence-corrected chi connectivity index (χ1v) is 11.6. The lowest BCUT2D eigenvalue weighted by atomic mass is 10.1. The number of aryl methyl sites for hydroxylation is 2. The molecule has 1 atom stereocenters.